The van der Waals surface area contributed by atoms with E-state index in [0.29, 0.717) is 46.4 Å². The number of halogens is 1. The number of hydrogen-bond acceptors (Lipinski definition) is 7. The maximum atomic E-state index is 12.4. The van der Waals surface area contributed by atoms with Crippen molar-refractivity contribution < 1.29 is 9.53 Å². The molecule has 1 aliphatic rings. The standard InChI is InChI=1S/C22H31ClN6O2/c1-29(2)12-11-24-21(30)15-9-10-18(19(13-15)31-3)27-22-25-14-17(23)20(28-22)26-16-7-5-4-6-8-16/h9-10,13-14,16H,4-8,11-12H2,1-3H3,(H,24,30)(H2,25,26,27,28). The zero-order chi connectivity index (χ0) is 22.2. The molecule has 8 nitrogen and oxygen atoms in total. The molecule has 0 aliphatic heterocycles. The molecule has 0 radical (unpaired) electrons. The zero-order valence-electron chi connectivity index (χ0n) is 18.4. The first-order chi connectivity index (χ1) is 15.0. The number of ether oxygens (including phenoxy) is 1. The highest BCUT2D eigenvalue weighted by Crippen LogP contribution is 2.30. The first kappa shape index (κ1) is 23.1. The number of amides is 1. The number of likely N-dealkylation sites (N-methyl/N-ethyl adjacent to an activating group) is 1. The molecular formula is C22H31ClN6O2. The third-order valence-electron chi connectivity index (χ3n) is 5.24. The number of aromatic nitrogens is 2. The highest BCUT2D eigenvalue weighted by atomic mass is 35.5. The van der Waals surface area contributed by atoms with Crippen molar-refractivity contribution in [3.63, 3.8) is 0 Å². The monoisotopic (exact) mass is 446 g/mol. The topological polar surface area (TPSA) is 91.4 Å². The molecule has 0 spiro atoms. The predicted octanol–water partition coefficient (Wildman–Crippen LogP) is 3.92. The highest BCUT2D eigenvalue weighted by Gasteiger charge is 2.17. The van der Waals surface area contributed by atoms with Crippen LogP contribution in [-0.4, -0.2) is 61.1 Å². The molecular weight excluding hydrogens is 416 g/mol. The molecule has 1 aromatic heterocycles. The average molecular weight is 447 g/mol. The average Bonchev–Trinajstić information content (AvgIpc) is 2.76. The van der Waals surface area contributed by atoms with Gasteiger partial charge in [-0.15, -0.1) is 0 Å². The Hall–Kier alpha value is -2.58. The fraction of sp³-hybridized carbons (Fsp3) is 0.500. The molecule has 1 saturated carbocycles. The van der Waals surface area contributed by atoms with E-state index in [4.69, 9.17) is 16.3 Å². The van der Waals surface area contributed by atoms with E-state index in [1.54, 1.807) is 31.5 Å². The van der Waals surface area contributed by atoms with E-state index in [-0.39, 0.29) is 5.91 Å². The predicted molar refractivity (Wildman–Crippen MR) is 125 cm³/mol. The summed E-state index contributed by atoms with van der Waals surface area (Å²) in [5, 5.41) is 10.0. The molecule has 1 aromatic carbocycles. The summed E-state index contributed by atoms with van der Waals surface area (Å²) in [4.78, 5) is 23.2. The van der Waals surface area contributed by atoms with Crippen molar-refractivity contribution in [2.75, 3.05) is 44.9 Å². The lowest BCUT2D eigenvalue weighted by molar-refractivity contribution is 0.0950. The number of hydrogen-bond donors (Lipinski definition) is 3. The zero-order valence-corrected chi connectivity index (χ0v) is 19.1. The number of methoxy groups -OCH3 is 1. The molecule has 1 amide bonds. The van der Waals surface area contributed by atoms with Gasteiger partial charge in [-0.05, 0) is 45.1 Å². The molecule has 3 rings (SSSR count). The van der Waals surface area contributed by atoms with E-state index in [1.807, 2.05) is 19.0 Å². The summed E-state index contributed by atoms with van der Waals surface area (Å²) in [7, 11) is 5.49. The minimum absolute atomic E-state index is 0.145. The summed E-state index contributed by atoms with van der Waals surface area (Å²) >= 11 is 6.31. The number of benzene rings is 1. The second kappa shape index (κ2) is 11.2. The van der Waals surface area contributed by atoms with Gasteiger partial charge in [-0.25, -0.2) is 4.98 Å². The lowest BCUT2D eigenvalue weighted by atomic mass is 9.95. The smallest absolute Gasteiger partial charge is 0.251 e. The van der Waals surface area contributed by atoms with Crippen LogP contribution in [0, 0.1) is 0 Å². The number of nitrogens with zero attached hydrogens (tertiary/aromatic N) is 3. The Labute approximate surface area is 188 Å². The van der Waals surface area contributed by atoms with Gasteiger partial charge in [-0.1, -0.05) is 30.9 Å². The third kappa shape index (κ3) is 6.70. The van der Waals surface area contributed by atoms with E-state index in [9.17, 15) is 4.79 Å². The van der Waals surface area contributed by atoms with Crippen LogP contribution in [0.5, 0.6) is 5.75 Å². The molecule has 9 heteroatoms. The highest BCUT2D eigenvalue weighted by molar-refractivity contribution is 6.32. The Balaban J connectivity index is 1.70. The van der Waals surface area contributed by atoms with Crippen molar-refractivity contribution in [3.8, 4) is 5.75 Å². The van der Waals surface area contributed by atoms with Crippen LogP contribution >= 0.6 is 11.6 Å². The Bertz CT molecular complexity index is 886. The van der Waals surface area contributed by atoms with Crippen LogP contribution in [0.1, 0.15) is 42.5 Å². The SMILES string of the molecule is COc1cc(C(=O)NCCN(C)C)ccc1Nc1ncc(Cl)c(NC2CCCCC2)n1. The van der Waals surface area contributed by atoms with Gasteiger partial charge >= 0.3 is 0 Å². The van der Waals surface area contributed by atoms with Gasteiger partial charge in [0.25, 0.3) is 5.91 Å². The maximum absolute atomic E-state index is 12.4. The van der Waals surface area contributed by atoms with E-state index >= 15 is 0 Å². The molecule has 0 saturated heterocycles. The van der Waals surface area contributed by atoms with Crippen molar-refractivity contribution in [2.24, 2.45) is 0 Å². The fourth-order valence-corrected chi connectivity index (χ4v) is 3.67. The number of carbonyl (C=O) groups is 1. The number of anilines is 3. The first-order valence-electron chi connectivity index (χ1n) is 10.6. The van der Waals surface area contributed by atoms with Crippen molar-refractivity contribution >= 4 is 35.0 Å². The van der Waals surface area contributed by atoms with Crippen molar-refractivity contribution in [1.29, 1.82) is 0 Å². The van der Waals surface area contributed by atoms with Gasteiger partial charge in [0.15, 0.2) is 5.82 Å². The molecule has 0 atom stereocenters. The molecule has 3 N–H and O–H groups in total. The van der Waals surface area contributed by atoms with Gasteiger partial charge < -0.3 is 25.6 Å². The minimum Gasteiger partial charge on any atom is -0.495 e. The normalized spacial score (nSPS) is 14.4. The minimum atomic E-state index is -0.145. The van der Waals surface area contributed by atoms with Crippen LogP contribution in [0.2, 0.25) is 5.02 Å². The van der Waals surface area contributed by atoms with Gasteiger partial charge in [-0.3, -0.25) is 4.79 Å². The van der Waals surface area contributed by atoms with Crippen molar-refractivity contribution in [3.05, 3.63) is 35.0 Å². The van der Waals surface area contributed by atoms with Gasteiger partial charge in [0.1, 0.15) is 10.8 Å². The number of rotatable bonds is 9. The van der Waals surface area contributed by atoms with Crippen LogP contribution in [-0.2, 0) is 0 Å². The molecule has 168 valence electrons. The summed E-state index contributed by atoms with van der Waals surface area (Å²) in [6, 6.07) is 5.61. The van der Waals surface area contributed by atoms with Crippen LogP contribution in [0.25, 0.3) is 0 Å². The Morgan fingerprint density at radius 1 is 1.26 bits per heavy atom. The largest absolute Gasteiger partial charge is 0.495 e. The molecule has 1 fully saturated rings. The van der Waals surface area contributed by atoms with E-state index in [0.717, 1.165) is 19.4 Å². The molecule has 1 heterocycles. The Morgan fingerprint density at radius 2 is 2.03 bits per heavy atom. The summed E-state index contributed by atoms with van der Waals surface area (Å²) in [6.07, 6.45) is 7.55. The van der Waals surface area contributed by atoms with E-state index < -0.39 is 0 Å². The number of nitrogens with one attached hydrogen (secondary N) is 3. The molecule has 1 aliphatic carbocycles. The van der Waals surface area contributed by atoms with Crippen LogP contribution in [0.4, 0.5) is 17.5 Å². The van der Waals surface area contributed by atoms with Gasteiger partial charge in [0, 0.05) is 24.7 Å². The quantitative estimate of drug-likeness (QED) is 0.537. The van der Waals surface area contributed by atoms with Crippen LogP contribution in [0.3, 0.4) is 0 Å². The third-order valence-corrected chi connectivity index (χ3v) is 5.52. The van der Waals surface area contributed by atoms with Gasteiger partial charge in [0.05, 0.1) is 19.0 Å². The van der Waals surface area contributed by atoms with E-state index in [1.165, 1.54) is 19.3 Å². The first-order valence-corrected chi connectivity index (χ1v) is 11.0. The molecule has 31 heavy (non-hydrogen) atoms. The second-order valence-electron chi connectivity index (χ2n) is 7.97. The van der Waals surface area contributed by atoms with E-state index in [2.05, 4.69) is 25.9 Å². The molecule has 2 aromatic rings. The van der Waals surface area contributed by atoms with Crippen LogP contribution in [0.15, 0.2) is 24.4 Å². The summed E-state index contributed by atoms with van der Waals surface area (Å²) in [5.41, 5.74) is 1.19. The molecule has 0 bridgehead atoms. The summed E-state index contributed by atoms with van der Waals surface area (Å²) < 4.78 is 5.48. The Morgan fingerprint density at radius 3 is 2.74 bits per heavy atom. The summed E-state index contributed by atoms with van der Waals surface area (Å²) in [6.45, 7) is 1.34. The number of carbonyl (C=O) groups excluding carboxylic acids is 1. The fourth-order valence-electron chi connectivity index (χ4n) is 3.52. The maximum Gasteiger partial charge on any atom is 0.251 e. The lowest BCUT2D eigenvalue weighted by Crippen LogP contribution is -2.31. The van der Waals surface area contributed by atoms with Crippen molar-refractivity contribution in [2.45, 2.75) is 38.1 Å². The molecule has 0 unspecified atom stereocenters. The van der Waals surface area contributed by atoms with Crippen molar-refractivity contribution in [1.82, 2.24) is 20.2 Å². The second-order valence-corrected chi connectivity index (χ2v) is 8.38. The van der Waals surface area contributed by atoms with Gasteiger partial charge in [-0.2, -0.15) is 4.98 Å². The van der Waals surface area contributed by atoms with Crippen LogP contribution < -0.4 is 20.7 Å². The lowest BCUT2D eigenvalue weighted by Gasteiger charge is -2.23. The Kier molecular flexibility index (Phi) is 8.31. The summed E-state index contributed by atoms with van der Waals surface area (Å²) in [5.74, 6) is 1.42. The van der Waals surface area contributed by atoms with Gasteiger partial charge in [0.2, 0.25) is 5.95 Å².